The van der Waals surface area contributed by atoms with E-state index >= 15 is 0 Å². The Morgan fingerprint density at radius 3 is 2.42 bits per heavy atom. The third-order valence-corrected chi connectivity index (χ3v) is 4.38. The number of amides is 1. The summed E-state index contributed by atoms with van der Waals surface area (Å²) in [6.07, 6.45) is 3.70. The average molecular weight is 342 g/mol. The molecule has 0 saturated carbocycles. The summed E-state index contributed by atoms with van der Waals surface area (Å²) in [6.45, 7) is 4.89. The normalized spacial score (nSPS) is 15.5. The number of aromatic nitrogens is 1. The van der Waals surface area contributed by atoms with Crippen LogP contribution in [0.5, 0.6) is 0 Å². The van der Waals surface area contributed by atoms with E-state index in [0.29, 0.717) is 18.1 Å². The molecule has 2 aromatic rings. The van der Waals surface area contributed by atoms with E-state index in [1.54, 1.807) is 6.20 Å². The molecule has 2 heterocycles. The zero-order valence-corrected chi connectivity index (χ0v) is 14.4. The average Bonchev–Trinajstić information content (AvgIpc) is 2.64. The number of hydrogen-bond acceptors (Lipinski definition) is 3. The van der Waals surface area contributed by atoms with Crippen LogP contribution in [-0.2, 0) is 4.79 Å². The summed E-state index contributed by atoms with van der Waals surface area (Å²) < 4.78 is 0. The molecular weight excluding hydrogens is 322 g/mol. The van der Waals surface area contributed by atoms with Gasteiger partial charge in [0, 0.05) is 43.0 Å². The SMILES string of the molecule is C/C(=C\c1ccc(Cl)cc1)C(=O)N1CCN(c2ccccn2)CC1. The molecule has 0 spiro atoms. The van der Waals surface area contributed by atoms with Crippen molar-refractivity contribution in [1.29, 1.82) is 0 Å². The van der Waals surface area contributed by atoms with E-state index in [4.69, 9.17) is 11.6 Å². The zero-order chi connectivity index (χ0) is 16.9. The van der Waals surface area contributed by atoms with Gasteiger partial charge in [-0.2, -0.15) is 0 Å². The van der Waals surface area contributed by atoms with Crippen LogP contribution in [0.4, 0.5) is 5.82 Å². The van der Waals surface area contributed by atoms with Crippen molar-refractivity contribution in [3.63, 3.8) is 0 Å². The van der Waals surface area contributed by atoms with Crippen molar-refractivity contribution in [3.05, 3.63) is 64.8 Å². The highest BCUT2D eigenvalue weighted by Crippen LogP contribution is 2.16. The third-order valence-electron chi connectivity index (χ3n) is 4.13. The molecule has 4 nitrogen and oxygen atoms in total. The number of benzene rings is 1. The molecule has 0 radical (unpaired) electrons. The Bertz CT molecular complexity index is 720. The van der Waals surface area contributed by atoms with Crippen molar-refractivity contribution in [2.45, 2.75) is 6.92 Å². The Labute approximate surface area is 147 Å². The molecule has 3 rings (SSSR count). The lowest BCUT2D eigenvalue weighted by Gasteiger charge is -2.35. The molecule has 24 heavy (non-hydrogen) atoms. The van der Waals surface area contributed by atoms with Crippen LogP contribution in [0, 0.1) is 0 Å². The lowest BCUT2D eigenvalue weighted by molar-refractivity contribution is -0.127. The Morgan fingerprint density at radius 1 is 1.08 bits per heavy atom. The second kappa shape index (κ2) is 7.49. The van der Waals surface area contributed by atoms with Crippen molar-refractivity contribution in [1.82, 2.24) is 9.88 Å². The summed E-state index contributed by atoms with van der Waals surface area (Å²) in [5, 5.41) is 0.696. The van der Waals surface area contributed by atoms with Gasteiger partial charge in [0.1, 0.15) is 5.82 Å². The van der Waals surface area contributed by atoms with E-state index in [1.165, 1.54) is 0 Å². The fraction of sp³-hybridized carbons (Fsp3) is 0.263. The van der Waals surface area contributed by atoms with Crippen LogP contribution in [0.15, 0.2) is 54.2 Å². The van der Waals surface area contributed by atoms with E-state index < -0.39 is 0 Å². The zero-order valence-electron chi connectivity index (χ0n) is 13.7. The molecule has 1 aromatic carbocycles. The number of piperazine rings is 1. The molecule has 0 unspecified atom stereocenters. The first-order valence-corrected chi connectivity index (χ1v) is 8.40. The quantitative estimate of drug-likeness (QED) is 0.802. The van der Waals surface area contributed by atoms with Gasteiger partial charge in [-0.3, -0.25) is 4.79 Å². The Kier molecular flexibility index (Phi) is 5.16. The molecule has 1 aliphatic heterocycles. The highest BCUT2D eigenvalue weighted by atomic mass is 35.5. The smallest absolute Gasteiger partial charge is 0.249 e. The number of rotatable bonds is 3. The molecule has 1 amide bonds. The molecule has 1 aromatic heterocycles. The standard InChI is InChI=1S/C19H20ClN3O/c1-15(14-16-5-7-17(20)8-6-16)19(24)23-12-10-22(11-13-23)18-4-2-3-9-21-18/h2-9,14H,10-13H2,1H3/b15-14+. The van der Waals surface area contributed by atoms with Gasteiger partial charge in [0.25, 0.3) is 0 Å². The van der Waals surface area contributed by atoms with Crippen LogP contribution >= 0.6 is 11.6 Å². The topological polar surface area (TPSA) is 36.4 Å². The molecule has 0 bridgehead atoms. The minimum absolute atomic E-state index is 0.0885. The van der Waals surface area contributed by atoms with Gasteiger partial charge in [-0.05, 0) is 42.8 Å². The summed E-state index contributed by atoms with van der Waals surface area (Å²) in [4.78, 5) is 21.1. The van der Waals surface area contributed by atoms with Crippen molar-refractivity contribution < 1.29 is 4.79 Å². The maximum absolute atomic E-state index is 12.6. The number of carbonyl (C=O) groups excluding carboxylic acids is 1. The van der Waals surface area contributed by atoms with Crippen molar-refractivity contribution in [3.8, 4) is 0 Å². The summed E-state index contributed by atoms with van der Waals surface area (Å²) in [5.41, 5.74) is 1.72. The molecule has 1 saturated heterocycles. The maximum Gasteiger partial charge on any atom is 0.249 e. The molecule has 1 aliphatic rings. The minimum Gasteiger partial charge on any atom is -0.353 e. The van der Waals surface area contributed by atoms with Crippen molar-refractivity contribution >= 4 is 29.4 Å². The van der Waals surface area contributed by atoms with Crippen LogP contribution in [0.1, 0.15) is 12.5 Å². The first kappa shape index (κ1) is 16.5. The van der Waals surface area contributed by atoms with Gasteiger partial charge >= 0.3 is 0 Å². The predicted molar refractivity (Wildman–Crippen MR) is 98.1 cm³/mol. The van der Waals surface area contributed by atoms with Gasteiger partial charge in [0.15, 0.2) is 0 Å². The van der Waals surface area contributed by atoms with Crippen LogP contribution < -0.4 is 4.90 Å². The second-order valence-corrected chi connectivity index (χ2v) is 6.28. The fourth-order valence-electron chi connectivity index (χ4n) is 2.80. The molecule has 5 heteroatoms. The molecule has 0 N–H and O–H groups in total. The molecule has 0 atom stereocenters. The maximum atomic E-state index is 12.6. The van der Waals surface area contributed by atoms with Crippen molar-refractivity contribution in [2.24, 2.45) is 0 Å². The Balaban J connectivity index is 1.61. The summed E-state index contributed by atoms with van der Waals surface area (Å²) in [6, 6.07) is 13.4. The second-order valence-electron chi connectivity index (χ2n) is 5.85. The van der Waals surface area contributed by atoms with E-state index in [9.17, 15) is 4.79 Å². The molecule has 1 fully saturated rings. The van der Waals surface area contributed by atoms with Crippen LogP contribution in [0.2, 0.25) is 5.02 Å². The van der Waals surface area contributed by atoms with Gasteiger partial charge in [0.05, 0.1) is 0 Å². The first-order chi connectivity index (χ1) is 11.6. The van der Waals surface area contributed by atoms with Gasteiger partial charge < -0.3 is 9.80 Å². The molecule has 0 aliphatic carbocycles. The van der Waals surface area contributed by atoms with Gasteiger partial charge in [0.2, 0.25) is 5.91 Å². The Morgan fingerprint density at radius 2 is 1.79 bits per heavy atom. The van der Waals surface area contributed by atoms with Gasteiger partial charge in [-0.1, -0.05) is 29.8 Å². The minimum atomic E-state index is 0.0885. The summed E-state index contributed by atoms with van der Waals surface area (Å²) in [5.74, 6) is 1.06. The number of nitrogens with zero attached hydrogens (tertiary/aromatic N) is 3. The third kappa shape index (κ3) is 3.95. The number of pyridine rings is 1. The lowest BCUT2D eigenvalue weighted by Crippen LogP contribution is -2.49. The largest absolute Gasteiger partial charge is 0.353 e. The number of hydrogen-bond donors (Lipinski definition) is 0. The van der Waals surface area contributed by atoms with Crippen molar-refractivity contribution in [2.75, 3.05) is 31.1 Å². The highest BCUT2D eigenvalue weighted by Gasteiger charge is 2.22. The van der Waals surface area contributed by atoms with E-state index in [-0.39, 0.29) is 5.91 Å². The van der Waals surface area contributed by atoms with Crippen LogP contribution in [0.3, 0.4) is 0 Å². The fourth-order valence-corrected chi connectivity index (χ4v) is 2.93. The number of carbonyl (C=O) groups is 1. The monoisotopic (exact) mass is 341 g/mol. The number of anilines is 1. The predicted octanol–water partition coefficient (Wildman–Crippen LogP) is 3.49. The van der Waals surface area contributed by atoms with E-state index in [0.717, 1.165) is 30.0 Å². The Hall–Kier alpha value is -2.33. The highest BCUT2D eigenvalue weighted by molar-refractivity contribution is 6.30. The van der Waals surface area contributed by atoms with Gasteiger partial charge in [-0.25, -0.2) is 4.98 Å². The summed E-state index contributed by atoms with van der Waals surface area (Å²) >= 11 is 5.89. The first-order valence-electron chi connectivity index (χ1n) is 8.02. The lowest BCUT2D eigenvalue weighted by atomic mass is 10.1. The van der Waals surface area contributed by atoms with Gasteiger partial charge in [-0.15, -0.1) is 0 Å². The van der Waals surface area contributed by atoms with Crippen LogP contribution in [0.25, 0.3) is 6.08 Å². The summed E-state index contributed by atoms with van der Waals surface area (Å²) in [7, 11) is 0. The number of halogens is 1. The molecular formula is C19H20ClN3O. The van der Waals surface area contributed by atoms with E-state index in [1.807, 2.05) is 60.4 Å². The molecule has 124 valence electrons. The van der Waals surface area contributed by atoms with E-state index in [2.05, 4.69) is 9.88 Å². The van der Waals surface area contributed by atoms with Crippen LogP contribution in [-0.4, -0.2) is 42.0 Å².